The Kier molecular flexibility index (Phi) is 4.98. The third kappa shape index (κ3) is 3.13. The number of aromatic hydroxyl groups is 1. The van der Waals surface area contributed by atoms with Crippen molar-refractivity contribution in [2.24, 2.45) is 16.7 Å². The van der Waals surface area contributed by atoms with Gasteiger partial charge in [-0.05, 0) is 48.3 Å². The molecule has 6 nitrogen and oxygen atoms in total. The summed E-state index contributed by atoms with van der Waals surface area (Å²) in [6, 6.07) is 4.80. The molecule has 8 heteroatoms. The van der Waals surface area contributed by atoms with E-state index < -0.39 is 5.82 Å². The number of carbonyl (C=O) groups excluding carboxylic acids is 1. The molecule has 1 amide bonds. The predicted octanol–water partition coefficient (Wildman–Crippen LogP) is 5.03. The van der Waals surface area contributed by atoms with Crippen LogP contribution in [0.15, 0.2) is 24.8 Å². The highest BCUT2D eigenvalue weighted by Gasteiger charge is 2.55. The molecule has 2 atom stereocenters. The van der Waals surface area contributed by atoms with Crippen molar-refractivity contribution in [3.8, 4) is 22.9 Å². The molecule has 2 saturated heterocycles. The molecule has 0 radical (unpaired) electrons. The summed E-state index contributed by atoms with van der Waals surface area (Å²) in [5.74, 6) is 0.285. The van der Waals surface area contributed by atoms with Crippen LogP contribution in [0.2, 0.25) is 5.02 Å². The highest BCUT2D eigenvalue weighted by Crippen LogP contribution is 2.63. The third-order valence-corrected chi connectivity index (χ3v) is 9.62. The molecule has 5 aliphatic rings. The number of halogens is 2. The standard InChI is InChI=1S/C28H28ClFN4O2/c1-4-22(36)34-13-28(14-34)5-6-33(12-28)26-19(11-31)23(17-9-16(35)10-21(30)24(17)29)18-7-15-8-20(25(18)32-26)27(15,2)3/h4,9-10,15,20,35H,1,5-8,12-14H2,2-3H3/t15-,20-/m0/s1. The van der Waals surface area contributed by atoms with Gasteiger partial charge in [0, 0.05) is 54.7 Å². The minimum absolute atomic E-state index is 0.0290. The van der Waals surface area contributed by atoms with Crippen LogP contribution in [-0.4, -0.2) is 47.1 Å². The van der Waals surface area contributed by atoms with E-state index in [0.717, 1.165) is 43.1 Å². The van der Waals surface area contributed by atoms with Gasteiger partial charge in [-0.2, -0.15) is 5.26 Å². The molecule has 2 aromatic rings. The van der Waals surface area contributed by atoms with Gasteiger partial charge in [-0.15, -0.1) is 0 Å². The van der Waals surface area contributed by atoms with Crippen molar-refractivity contribution in [2.75, 3.05) is 31.1 Å². The van der Waals surface area contributed by atoms with Crippen LogP contribution in [0, 0.1) is 33.9 Å². The van der Waals surface area contributed by atoms with E-state index >= 15 is 0 Å². The Bertz CT molecular complexity index is 1370. The molecule has 3 aliphatic carbocycles. The molecule has 1 aromatic heterocycles. The molecule has 3 fully saturated rings. The van der Waals surface area contributed by atoms with Crippen molar-refractivity contribution in [1.82, 2.24) is 9.88 Å². The van der Waals surface area contributed by atoms with Gasteiger partial charge in [-0.25, -0.2) is 9.37 Å². The summed E-state index contributed by atoms with van der Waals surface area (Å²) in [6.07, 6.45) is 4.02. The molecule has 186 valence electrons. The summed E-state index contributed by atoms with van der Waals surface area (Å²) >= 11 is 6.45. The lowest BCUT2D eigenvalue weighted by molar-refractivity contribution is -0.136. The lowest BCUT2D eigenvalue weighted by Crippen LogP contribution is -2.59. The molecule has 1 aromatic carbocycles. The Labute approximate surface area is 215 Å². The number of hydrogen-bond acceptors (Lipinski definition) is 5. The second kappa shape index (κ2) is 7.69. The van der Waals surface area contributed by atoms with E-state index in [-0.39, 0.29) is 33.4 Å². The highest BCUT2D eigenvalue weighted by molar-refractivity contribution is 6.33. The Hall–Kier alpha value is -3.11. The lowest BCUT2D eigenvalue weighted by Gasteiger charge is -2.57. The van der Waals surface area contributed by atoms with Crippen LogP contribution in [0.25, 0.3) is 11.1 Å². The first-order valence-electron chi connectivity index (χ1n) is 12.4. The molecule has 7 rings (SSSR count). The first kappa shape index (κ1) is 23.3. The number of hydrogen-bond donors (Lipinski definition) is 1. The summed E-state index contributed by atoms with van der Waals surface area (Å²) in [6.45, 7) is 10.8. The number of pyridine rings is 1. The Morgan fingerprint density at radius 2 is 2.11 bits per heavy atom. The quantitative estimate of drug-likeness (QED) is 0.591. The van der Waals surface area contributed by atoms with Gasteiger partial charge in [0.15, 0.2) is 0 Å². The van der Waals surface area contributed by atoms with Crippen LogP contribution in [0.5, 0.6) is 5.75 Å². The number of benzene rings is 1. The second-order valence-corrected chi connectivity index (χ2v) is 11.9. The zero-order chi connectivity index (χ0) is 25.6. The zero-order valence-electron chi connectivity index (χ0n) is 20.4. The van der Waals surface area contributed by atoms with E-state index in [1.165, 1.54) is 12.1 Å². The Morgan fingerprint density at radius 3 is 2.78 bits per heavy atom. The molecule has 2 aliphatic heterocycles. The number of amides is 1. The first-order valence-corrected chi connectivity index (χ1v) is 12.8. The molecule has 1 N–H and O–H groups in total. The second-order valence-electron chi connectivity index (χ2n) is 11.5. The maximum atomic E-state index is 14.6. The summed E-state index contributed by atoms with van der Waals surface area (Å²) < 4.78 is 14.6. The van der Waals surface area contributed by atoms with Crippen LogP contribution in [0.1, 0.15) is 49.4 Å². The monoisotopic (exact) mass is 506 g/mol. The van der Waals surface area contributed by atoms with E-state index in [0.29, 0.717) is 48.1 Å². The average molecular weight is 507 g/mol. The summed E-state index contributed by atoms with van der Waals surface area (Å²) in [7, 11) is 0. The molecular weight excluding hydrogens is 479 g/mol. The molecule has 2 bridgehead atoms. The van der Waals surface area contributed by atoms with Gasteiger partial charge in [0.1, 0.15) is 29.0 Å². The largest absolute Gasteiger partial charge is 0.508 e. The van der Waals surface area contributed by atoms with Gasteiger partial charge in [0.2, 0.25) is 5.91 Å². The van der Waals surface area contributed by atoms with Crippen molar-refractivity contribution < 1.29 is 14.3 Å². The zero-order valence-corrected chi connectivity index (χ0v) is 21.2. The fourth-order valence-corrected chi connectivity index (χ4v) is 7.21. The van der Waals surface area contributed by atoms with Crippen LogP contribution >= 0.6 is 11.6 Å². The highest BCUT2D eigenvalue weighted by atomic mass is 35.5. The average Bonchev–Trinajstić information content (AvgIpc) is 3.29. The van der Waals surface area contributed by atoms with Gasteiger partial charge in [-0.3, -0.25) is 4.79 Å². The normalized spacial score (nSPS) is 24.5. The van der Waals surface area contributed by atoms with E-state index in [2.05, 4.69) is 31.4 Å². The van der Waals surface area contributed by atoms with Crippen LogP contribution < -0.4 is 4.90 Å². The number of phenolic OH excluding ortho intramolecular Hbond substituents is 1. The molecule has 36 heavy (non-hydrogen) atoms. The van der Waals surface area contributed by atoms with Crippen molar-refractivity contribution in [3.05, 3.63) is 52.4 Å². The summed E-state index contributed by atoms with van der Waals surface area (Å²) in [4.78, 5) is 21.1. The van der Waals surface area contributed by atoms with Gasteiger partial charge in [0.05, 0.1) is 10.7 Å². The van der Waals surface area contributed by atoms with Crippen molar-refractivity contribution in [1.29, 1.82) is 5.26 Å². The van der Waals surface area contributed by atoms with Crippen LogP contribution in [-0.2, 0) is 11.2 Å². The van der Waals surface area contributed by atoms with Crippen molar-refractivity contribution in [3.63, 3.8) is 0 Å². The minimum atomic E-state index is -0.717. The molecular formula is C28H28ClFN4O2. The smallest absolute Gasteiger partial charge is 0.245 e. The number of anilines is 1. The van der Waals surface area contributed by atoms with E-state index in [9.17, 15) is 19.6 Å². The molecule has 3 heterocycles. The van der Waals surface area contributed by atoms with Crippen molar-refractivity contribution in [2.45, 2.75) is 39.0 Å². The molecule has 1 saturated carbocycles. The minimum Gasteiger partial charge on any atom is -0.508 e. The van der Waals surface area contributed by atoms with Gasteiger partial charge in [0.25, 0.3) is 0 Å². The number of likely N-dealkylation sites (tertiary alicyclic amines) is 1. The fourth-order valence-electron chi connectivity index (χ4n) is 7.01. The summed E-state index contributed by atoms with van der Waals surface area (Å²) in [5, 5.41) is 20.5. The van der Waals surface area contributed by atoms with Gasteiger partial charge in [-0.1, -0.05) is 32.0 Å². The predicted molar refractivity (Wildman–Crippen MR) is 135 cm³/mol. The fraction of sp³-hybridized carbons (Fsp3) is 0.464. The molecule has 0 unspecified atom stereocenters. The van der Waals surface area contributed by atoms with Crippen LogP contribution in [0.3, 0.4) is 0 Å². The maximum Gasteiger partial charge on any atom is 0.245 e. The van der Waals surface area contributed by atoms with Crippen LogP contribution in [0.4, 0.5) is 10.2 Å². The number of rotatable bonds is 3. The Balaban J connectivity index is 1.49. The number of aromatic nitrogens is 1. The molecule has 1 spiro atoms. The lowest BCUT2D eigenvalue weighted by atomic mass is 9.48. The van der Waals surface area contributed by atoms with Gasteiger partial charge < -0.3 is 14.9 Å². The van der Waals surface area contributed by atoms with Gasteiger partial charge >= 0.3 is 0 Å². The maximum absolute atomic E-state index is 14.6. The third-order valence-electron chi connectivity index (χ3n) is 9.23. The number of carbonyl (C=O) groups is 1. The topological polar surface area (TPSA) is 80.5 Å². The van der Waals surface area contributed by atoms with E-state index in [1.807, 2.05) is 0 Å². The number of nitrogens with zero attached hydrogens (tertiary/aromatic N) is 4. The number of nitriles is 1. The van der Waals surface area contributed by atoms with Crippen molar-refractivity contribution >= 4 is 23.3 Å². The van der Waals surface area contributed by atoms with E-state index in [4.69, 9.17) is 16.6 Å². The first-order chi connectivity index (χ1) is 17.1. The Morgan fingerprint density at radius 1 is 1.36 bits per heavy atom. The SMILES string of the molecule is C=CC(=O)N1CC2(CCN(c3nc4c(c(-c5cc(O)cc(F)c5Cl)c3C#N)C[C@H]3C[C@@H]4C3(C)C)C2)C1. The summed E-state index contributed by atoms with van der Waals surface area (Å²) in [5.41, 5.74) is 3.29. The van der Waals surface area contributed by atoms with E-state index in [1.54, 1.807) is 4.90 Å². The number of phenols is 1.